The quantitative estimate of drug-likeness (QED) is 0.470. The zero-order valence-corrected chi connectivity index (χ0v) is 22.8. The number of nitriles is 1. The predicted octanol–water partition coefficient (Wildman–Crippen LogP) is 6.00. The lowest BCUT2D eigenvalue weighted by Gasteiger charge is -2.39. The number of nitrogens with one attached hydrogen (secondary N) is 2. The van der Waals surface area contributed by atoms with E-state index in [0.29, 0.717) is 34.8 Å². The molecular weight excluding hydrogens is 482 g/mol. The van der Waals surface area contributed by atoms with E-state index in [0.717, 1.165) is 34.5 Å². The molecule has 1 aliphatic heterocycles. The molecule has 0 unspecified atom stereocenters. The number of benzene rings is 2. The number of ether oxygens (including phenoxy) is 1. The number of amides is 1. The summed E-state index contributed by atoms with van der Waals surface area (Å²) in [4.78, 5) is 26.3. The van der Waals surface area contributed by atoms with Crippen molar-refractivity contribution < 1.29 is 14.3 Å². The normalized spacial score (nSPS) is 18.6. The van der Waals surface area contributed by atoms with Crippen molar-refractivity contribution in [1.82, 2.24) is 5.32 Å². The lowest BCUT2D eigenvalue weighted by atomic mass is 9.69. The number of carbonyl (C=O) groups excluding carboxylic acids is 2. The Hall–Kier alpha value is -3.50. The lowest BCUT2D eigenvalue weighted by Crippen LogP contribution is -2.37. The summed E-state index contributed by atoms with van der Waals surface area (Å²) in [6, 6.07) is 15.8. The minimum atomic E-state index is -0.482. The third-order valence-electron chi connectivity index (χ3n) is 6.93. The van der Waals surface area contributed by atoms with E-state index in [1.165, 1.54) is 11.8 Å². The maximum Gasteiger partial charge on any atom is 0.234 e. The Labute approximate surface area is 223 Å². The number of para-hydroxylation sites is 1. The van der Waals surface area contributed by atoms with Crippen LogP contribution < -0.4 is 15.4 Å². The molecule has 0 spiro atoms. The van der Waals surface area contributed by atoms with Crippen molar-refractivity contribution in [3.63, 3.8) is 0 Å². The van der Waals surface area contributed by atoms with Gasteiger partial charge in [0.15, 0.2) is 5.78 Å². The first kappa shape index (κ1) is 26.6. The van der Waals surface area contributed by atoms with E-state index < -0.39 is 5.92 Å². The zero-order chi connectivity index (χ0) is 26.7. The maximum atomic E-state index is 13.4. The molecule has 6 nitrogen and oxygen atoms in total. The number of aryl methyl sites for hydroxylation is 2. The van der Waals surface area contributed by atoms with Crippen molar-refractivity contribution in [3.8, 4) is 11.8 Å². The van der Waals surface area contributed by atoms with Crippen LogP contribution in [0.4, 0.5) is 5.69 Å². The van der Waals surface area contributed by atoms with Crippen LogP contribution in [0.15, 0.2) is 64.3 Å². The van der Waals surface area contributed by atoms with E-state index in [2.05, 4.69) is 37.5 Å². The average molecular weight is 516 g/mol. The topological polar surface area (TPSA) is 91.2 Å². The van der Waals surface area contributed by atoms with Crippen LogP contribution in [0.3, 0.4) is 0 Å². The fourth-order valence-corrected chi connectivity index (χ4v) is 6.00. The fraction of sp³-hybridized carbons (Fsp3) is 0.367. The summed E-state index contributed by atoms with van der Waals surface area (Å²) in [5.41, 5.74) is 5.58. The summed E-state index contributed by atoms with van der Waals surface area (Å²) in [5.74, 6) is 0.284. The molecule has 192 valence electrons. The van der Waals surface area contributed by atoms with Gasteiger partial charge in [-0.25, -0.2) is 0 Å². The predicted molar refractivity (Wildman–Crippen MR) is 148 cm³/mol. The second kappa shape index (κ2) is 10.9. The Bertz CT molecular complexity index is 1330. The van der Waals surface area contributed by atoms with Crippen LogP contribution in [0.25, 0.3) is 0 Å². The van der Waals surface area contributed by atoms with Crippen LogP contribution in [0.1, 0.15) is 56.2 Å². The Morgan fingerprint density at radius 3 is 2.59 bits per heavy atom. The fourth-order valence-electron chi connectivity index (χ4n) is 5.14. The molecule has 2 N–H and O–H groups in total. The molecule has 0 aromatic heterocycles. The van der Waals surface area contributed by atoms with Gasteiger partial charge in [-0.15, -0.1) is 0 Å². The highest BCUT2D eigenvalue weighted by Gasteiger charge is 2.42. The Morgan fingerprint density at radius 2 is 1.95 bits per heavy atom. The van der Waals surface area contributed by atoms with E-state index in [-0.39, 0.29) is 22.9 Å². The van der Waals surface area contributed by atoms with Gasteiger partial charge < -0.3 is 15.4 Å². The van der Waals surface area contributed by atoms with Crippen molar-refractivity contribution in [2.75, 3.05) is 18.2 Å². The third kappa shape index (κ3) is 5.60. The standard InChI is InChI=1S/C30H33N3O3S/c1-6-19-9-7-8-18(2)28(19)33-25(35)17-37-29-22(16-31)26(20-10-12-21(36-5)13-11-20)27-23(32-29)14-30(3,4)15-24(27)34/h7-13,26,32H,6,14-15,17H2,1-5H3,(H,33,35)/t26-/m1/s1. The van der Waals surface area contributed by atoms with Crippen LogP contribution in [0, 0.1) is 23.7 Å². The van der Waals surface area contributed by atoms with Crippen LogP contribution in [-0.4, -0.2) is 24.6 Å². The summed E-state index contributed by atoms with van der Waals surface area (Å²) >= 11 is 1.30. The molecule has 1 amide bonds. The second-order valence-electron chi connectivity index (χ2n) is 10.3. The smallest absolute Gasteiger partial charge is 0.234 e. The van der Waals surface area contributed by atoms with Crippen LogP contribution >= 0.6 is 11.8 Å². The van der Waals surface area contributed by atoms with Crippen LogP contribution in [0.5, 0.6) is 5.75 Å². The molecular formula is C30H33N3O3S. The molecule has 37 heavy (non-hydrogen) atoms. The van der Waals surface area contributed by atoms with E-state index >= 15 is 0 Å². The molecule has 2 aromatic rings. The number of hydrogen-bond donors (Lipinski definition) is 2. The van der Waals surface area contributed by atoms with E-state index in [9.17, 15) is 14.9 Å². The van der Waals surface area contributed by atoms with Gasteiger partial charge in [-0.05, 0) is 54.0 Å². The van der Waals surface area contributed by atoms with Gasteiger partial charge in [0.25, 0.3) is 0 Å². The Kier molecular flexibility index (Phi) is 7.79. The molecule has 1 atom stereocenters. The highest BCUT2D eigenvalue weighted by atomic mass is 32.2. The first-order valence-corrected chi connectivity index (χ1v) is 13.5. The third-order valence-corrected chi connectivity index (χ3v) is 7.95. The molecule has 1 heterocycles. The molecule has 2 aromatic carbocycles. The summed E-state index contributed by atoms with van der Waals surface area (Å²) in [6.07, 6.45) is 1.94. The monoisotopic (exact) mass is 515 g/mol. The van der Waals surface area contributed by atoms with E-state index in [4.69, 9.17) is 4.74 Å². The molecule has 0 saturated heterocycles. The van der Waals surface area contributed by atoms with Crippen molar-refractivity contribution >= 4 is 29.1 Å². The number of anilines is 1. The van der Waals surface area contributed by atoms with Crippen LogP contribution in [-0.2, 0) is 16.0 Å². The van der Waals surface area contributed by atoms with Crippen LogP contribution in [0.2, 0.25) is 0 Å². The first-order chi connectivity index (χ1) is 17.7. The molecule has 4 rings (SSSR count). The van der Waals surface area contributed by atoms with Gasteiger partial charge >= 0.3 is 0 Å². The number of methoxy groups -OCH3 is 1. The Balaban J connectivity index is 1.66. The minimum Gasteiger partial charge on any atom is -0.497 e. The highest BCUT2D eigenvalue weighted by Crippen LogP contribution is 2.48. The molecule has 1 aliphatic carbocycles. The molecule has 0 saturated carbocycles. The van der Waals surface area contributed by atoms with Gasteiger partial charge in [-0.3, -0.25) is 9.59 Å². The van der Waals surface area contributed by atoms with Gasteiger partial charge in [0.05, 0.1) is 35.5 Å². The number of ketones is 1. The number of dihydropyridines is 1. The van der Waals surface area contributed by atoms with E-state index in [1.54, 1.807) is 7.11 Å². The maximum absolute atomic E-state index is 13.4. The minimum absolute atomic E-state index is 0.0563. The average Bonchev–Trinajstić information content (AvgIpc) is 2.87. The number of Topliss-reactive ketones (excluding diaryl/α,β-unsaturated/α-hetero) is 1. The van der Waals surface area contributed by atoms with Gasteiger partial charge in [0.1, 0.15) is 5.75 Å². The van der Waals surface area contributed by atoms with Crippen molar-refractivity contribution in [2.45, 2.75) is 52.9 Å². The van der Waals surface area contributed by atoms with Crippen molar-refractivity contribution in [2.24, 2.45) is 5.41 Å². The largest absolute Gasteiger partial charge is 0.497 e. The Morgan fingerprint density at radius 1 is 1.22 bits per heavy atom. The van der Waals surface area contributed by atoms with Gasteiger partial charge in [-0.1, -0.05) is 62.9 Å². The number of nitrogens with zero attached hydrogens (tertiary/aromatic N) is 1. The molecule has 0 bridgehead atoms. The molecule has 0 fully saturated rings. The summed E-state index contributed by atoms with van der Waals surface area (Å²) in [5, 5.41) is 17.3. The molecule has 2 aliphatic rings. The molecule has 0 radical (unpaired) electrons. The van der Waals surface area contributed by atoms with Crippen molar-refractivity contribution in [3.05, 3.63) is 81.0 Å². The summed E-state index contributed by atoms with van der Waals surface area (Å²) < 4.78 is 5.31. The lowest BCUT2D eigenvalue weighted by molar-refractivity contribution is -0.118. The van der Waals surface area contributed by atoms with Gasteiger partial charge in [-0.2, -0.15) is 5.26 Å². The summed E-state index contributed by atoms with van der Waals surface area (Å²) in [6.45, 7) is 8.20. The van der Waals surface area contributed by atoms with Gasteiger partial charge in [0, 0.05) is 23.4 Å². The van der Waals surface area contributed by atoms with E-state index in [1.807, 2.05) is 49.4 Å². The number of carbonyl (C=O) groups is 2. The number of thioether (sulfide) groups is 1. The molecule has 7 heteroatoms. The SMILES string of the molecule is CCc1cccc(C)c1NC(=O)CSC1=C(C#N)[C@@H](c2ccc(OC)cc2)C2=C(CC(C)(C)CC2=O)N1. The number of rotatable bonds is 7. The van der Waals surface area contributed by atoms with Gasteiger partial charge in [0.2, 0.25) is 5.91 Å². The summed E-state index contributed by atoms with van der Waals surface area (Å²) in [7, 11) is 1.60. The number of allylic oxidation sites excluding steroid dienone is 3. The number of hydrogen-bond acceptors (Lipinski definition) is 6. The second-order valence-corrected chi connectivity index (χ2v) is 11.3. The van der Waals surface area contributed by atoms with Crippen molar-refractivity contribution in [1.29, 1.82) is 5.26 Å². The highest BCUT2D eigenvalue weighted by molar-refractivity contribution is 8.03. The zero-order valence-electron chi connectivity index (χ0n) is 22.0. The first-order valence-electron chi connectivity index (χ1n) is 12.5.